The second-order valence-corrected chi connectivity index (χ2v) is 4.86. The van der Waals surface area contributed by atoms with Gasteiger partial charge in [-0.25, -0.2) is 4.18 Å². The lowest BCUT2D eigenvalue weighted by atomic mass is 9.93. The maximum Gasteiger partial charge on any atom is 0.397 e. The third-order valence-corrected chi connectivity index (χ3v) is 2.82. The molecule has 0 aliphatic carbocycles. The van der Waals surface area contributed by atoms with Crippen molar-refractivity contribution in [1.82, 2.24) is 0 Å². The molecule has 0 spiro atoms. The van der Waals surface area contributed by atoms with Gasteiger partial charge < -0.3 is 5.11 Å². The maximum atomic E-state index is 10.6. The van der Waals surface area contributed by atoms with Crippen LogP contribution in [0.1, 0.15) is 25.7 Å². The van der Waals surface area contributed by atoms with E-state index in [1.807, 2.05) is 0 Å². The van der Waals surface area contributed by atoms with Crippen molar-refractivity contribution < 1.29 is 22.3 Å². The summed E-state index contributed by atoms with van der Waals surface area (Å²) in [4.78, 5) is 0. The van der Waals surface area contributed by atoms with Crippen LogP contribution in [-0.4, -0.2) is 30.8 Å². The molecular formula is C11H20O5S. The van der Waals surface area contributed by atoms with Gasteiger partial charge in [-0.05, 0) is 31.6 Å². The minimum atomic E-state index is -4.48. The second-order valence-electron chi connectivity index (χ2n) is 3.81. The Morgan fingerprint density at radius 1 is 1.24 bits per heavy atom. The van der Waals surface area contributed by atoms with Crippen LogP contribution in [0.5, 0.6) is 0 Å². The van der Waals surface area contributed by atoms with Crippen LogP contribution in [0.15, 0.2) is 25.3 Å². The maximum absolute atomic E-state index is 10.6. The second kappa shape index (κ2) is 8.41. The Bertz CT molecular complexity index is 313. The number of hydrogen-bond acceptors (Lipinski definition) is 4. The minimum absolute atomic E-state index is 0.142. The van der Waals surface area contributed by atoms with Crippen LogP contribution in [-0.2, 0) is 14.6 Å². The van der Waals surface area contributed by atoms with E-state index in [1.165, 1.54) is 0 Å². The van der Waals surface area contributed by atoms with E-state index in [-0.39, 0.29) is 18.9 Å². The molecule has 1 atom stereocenters. The lowest BCUT2D eigenvalue weighted by Gasteiger charge is -2.20. The Kier molecular flexibility index (Phi) is 8.07. The summed E-state index contributed by atoms with van der Waals surface area (Å²) in [6.45, 7) is 7.04. The van der Waals surface area contributed by atoms with Crippen LogP contribution in [0.2, 0.25) is 0 Å². The Balaban J connectivity index is 4.47. The van der Waals surface area contributed by atoms with Crippen molar-refractivity contribution in [3.8, 4) is 0 Å². The summed E-state index contributed by atoms with van der Waals surface area (Å²) in [5.74, 6) is 0.142. The van der Waals surface area contributed by atoms with Gasteiger partial charge >= 0.3 is 10.4 Å². The van der Waals surface area contributed by atoms with Gasteiger partial charge in [0, 0.05) is 6.61 Å². The van der Waals surface area contributed by atoms with Gasteiger partial charge in [0.15, 0.2) is 0 Å². The standard InChI is InChI=1S/C11H20O5S/c1-3-5-10(6-4-2)9-11(7-8-12)16-17(13,14)15/h3-4,10-12H,1-2,5-9H2,(H,13,14,15). The molecule has 0 radical (unpaired) electrons. The van der Waals surface area contributed by atoms with Crippen molar-refractivity contribution in [3.63, 3.8) is 0 Å². The van der Waals surface area contributed by atoms with E-state index in [0.29, 0.717) is 19.3 Å². The molecule has 0 aromatic heterocycles. The third kappa shape index (κ3) is 9.05. The van der Waals surface area contributed by atoms with Crippen molar-refractivity contribution in [2.75, 3.05) is 6.61 Å². The topological polar surface area (TPSA) is 83.8 Å². The first-order valence-electron chi connectivity index (χ1n) is 5.41. The van der Waals surface area contributed by atoms with Crippen LogP contribution in [0.4, 0.5) is 0 Å². The molecule has 17 heavy (non-hydrogen) atoms. The van der Waals surface area contributed by atoms with Crippen molar-refractivity contribution in [1.29, 1.82) is 0 Å². The van der Waals surface area contributed by atoms with Gasteiger partial charge in [0.1, 0.15) is 0 Å². The molecule has 0 aromatic rings. The molecule has 6 heteroatoms. The van der Waals surface area contributed by atoms with Crippen molar-refractivity contribution in [3.05, 3.63) is 25.3 Å². The predicted molar refractivity (Wildman–Crippen MR) is 65.9 cm³/mol. The SMILES string of the molecule is C=CCC(CC=C)CC(CCO)OS(=O)(=O)O. The van der Waals surface area contributed by atoms with Gasteiger partial charge in [0.2, 0.25) is 0 Å². The Morgan fingerprint density at radius 3 is 2.12 bits per heavy atom. The number of rotatable bonds is 10. The van der Waals surface area contributed by atoms with Gasteiger partial charge in [-0.1, -0.05) is 12.2 Å². The molecule has 5 nitrogen and oxygen atoms in total. The highest BCUT2D eigenvalue weighted by Crippen LogP contribution is 2.21. The first kappa shape index (κ1) is 16.3. The zero-order valence-electron chi connectivity index (χ0n) is 9.79. The van der Waals surface area contributed by atoms with E-state index in [9.17, 15) is 8.42 Å². The average molecular weight is 264 g/mol. The van der Waals surface area contributed by atoms with Crippen molar-refractivity contribution in [2.45, 2.75) is 31.8 Å². The molecule has 1 unspecified atom stereocenters. The zero-order chi connectivity index (χ0) is 13.3. The molecule has 0 aliphatic heterocycles. The summed E-state index contributed by atoms with van der Waals surface area (Å²) < 4.78 is 34.4. The number of allylic oxidation sites excluding steroid dienone is 2. The molecule has 0 amide bonds. The lowest BCUT2D eigenvalue weighted by Crippen LogP contribution is -2.22. The summed E-state index contributed by atoms with van der Waals surface area (Å²) in [6, 6.07) is 0. The van der Waals surface area contributed by atoms with Crippen molar-refractivity contribution >= 4 is 10.4 Å². The highest BCUT2D eigenvalue weighted by Gasteiger charge is 2.20. The number of aliphatic hydroxyl groups excluding tert-OH is 1. The fourth-order valence-corrected chi connectivity index (χ4v) is 2.17. The average Bonchev–Trinajstić information content (AvgIpc) is 2.16. The van der Waals surface area contributed by atoms with Gasteiger partial charge in [-0.3, -0.25) is 4.55 Å². The van der Waals surface area contributed by atoms with Gasteiger partial charge in [-0.2, -0.15) is 8.42 Å². The van der Waals surface area contributed by atoms with E-state index in [4.69, 9.17) is 9.66 Å². The van der Waals surface area contributed by atoms with E-state index >= 15 is 0 Å². The van der Waals surface area contributed by atoms with E-state index in [1.54, 1.807) is 12.2 Å². The summed E-state index contributed by atoms with van der Waals surface area (Å²) in [6.07, 6.45) is 4.71. The van der Waals surface area contributed by atoms with Crippen molar-refractivity contribution in [2.24, 2.45) is 5.92 Å². The Labute approximate surface area is 103 Å². The van der Waals surface area contributed by atoms with E-state index in [2.05, 4.69) is 17.3 Å². The molecular weight excluding hydrogens is 244 g/mol. The Morgan fingerprint density at radius 2 is 1.76 bits per heavy atom. The lowest BCUT2D eigenvalue weighted by molar-refractivity contribution is 0.121. The highest BCUT2D eigenvalue weighted by atomic mass is 32.3. The molecule has 0 heterocycles. The quantitative estimate of drug-likeness (QED) is 0.463. The molecule has 0 bridgehead atoms. The largest absolute Gasteiger partial charge is 0.397 e. The van der Waals surface area contributed by atoms with Crippen LogP contribution in [0, 0.1) is 5.92 Å². The summed E-state index contributed by atoms with van der Waals surface area (Å²) in [7, 11) is -4.48. The first-order chi connectivity index (χ1) is 7.92. The van der Waals surface area contributed by atoms with E-state index < -0.39 is 16.5 Å². The highest BCUT2D eigenvalue weighted by molar-refractivity contribution is 7.80. The van der Waals surface area contributed by atoms with E-state index in [0.717, 1.165) is 0 Å². The molecule has 0 rings (SSSR count). The smallest absolute Gasteiger partial charge is 0.396 e. The monoisotopic (exact) mass is 264 g/mol. The molecule has 0 fully saturated rings. The molecule has 2 N–H and O–H groups in total. The summed E-state index contributed by atoms with van der Waals surface area (Å²) >= 11 is 0. The van der Waals surface area contributed by atoms with Crippen LogP contribution in [0.3, 0.4) is 0 Å². The number of aliphatic hydroxyl groups is 1. The first-order valence-corrected chi connectivity index (χ1v) is 6.77. The molecule has 0 aliphatic rings. The summed E-state index contributed by atoms with van der Waals surface area (Å²) in [5, 5.41) is 8.81. The van der Waals surface area contributed by atoms with Gasteiger partial charge in [-0.15, -0.1) is 13.2 Å². The Hall–Kier alpha value is -0.690. The summed E-state index contributed by atoms with van der Waals surface area (Å²) in [5.41, 5.74) is 0. The van der Waals surface area contributed by atoms with Crippen LogP contribution >= 0.6 is 0 Å². The fraction of sp³-hybridized carbons (Fsp3) is 0.636. The third-order valence-electron chi connectivity index (χ3n) is 2.30. The molecule has 0 saturated heterocycles. The fourth-order valence-electron chi connectivity index (χ4n) is 1.65. The van der Waals surface area contributed by atoms with Crippen LogP contribution in [0.25, 0.3) is 0 Å². The zero-order valence-corrected chi connectivity index (χ0v) is 10.6. The normalized spacial score (nSPS) is 13.6. The minimum Gasteiger partial charge on any atom is -0.396 e. The van der Waals surface area contributed by atoms with Crippen LogP contribution < -0.4 is 0 Å². The molecule has 0 saturated carbocycles. The molecule has 0 aromatic carbocycles. The van der Waals surface area contributed by atoms with Gasteiger partial charge in [0.25, 0.3) is 0 Å². The molecule has 100 valence electrons. The number of hydrogen-bond donors (Lipinski definition) is 2. The van der Waals surface area contributed by atoms with Gasteiger partial charge in [0.05, 0.1) is 6.10 Å². The predicted octanol–water partition coefficient (Wildman–Crippen LogP) is 1.72.